The third kappa shape index (κ3) is 5.31. The van der Waals surface area contributed by atoms with Gasteiger partial charge in [-0.1, -0.05) is 18.2 Å². The molecular formula is C23H29FN4O5S. The van der Waals surface area contributed by atoms with Gasteiger partial charge in [-0.15, -0.1) is 0 Å². The Bertz CT molecular complexity index is 1150. The van der Waals surface area contributed by atoms with E-state index < -0.39 is 22.6 Å². The minimum absolute atomic E-state index is 0.0427. The van der Waals surface area contributed by atoms with Gasteiger partial charge in [0.1, 0.15) is 16.4 Å². The molecule has 0 saturated carbocycles. The van der Waals surface area contributed by atoms with Crippen molar-refractivity contribution in [1.82, 2.24) is 18.7 Å². The lowest BCUT2D eigenvalue weighted by Gasteiger charge is -2.34. The highest BCUT2D eigenvalue weighted by Gasteiger charge is 2.30. The van der Waals surface area contributed by atoms with Crippen LogP contribution in [0.15, 0.2) is 41.4 Å². The maximum Gasteiger partial charge on any atom is 0.355 e. The van der Waals surface area contributed by atoms with Crippen LogP contribution in [0.1, 0.15) is 28.9 Å². The van der Waals surface area contributed by atoms with Crippen LogP contribution in [-0.2, 0) is 33.1 Å². The monoisotopic (exact) mass is 492 g/mol. The Morgan fingerprint density at radius 1 is 1.03 bits per heavy atom. The normalized spacial score (nSPS) is 17.8. The lowest BCUT2D eigenvalue weighted by Crippen LogP contribution is -2.49. The molecule has 184 valence electrons. The number of nitrogens with zero attached hydrogens (tertiary/aromatic N) is 4. The summed E-state index contributed by atoms with van der Waals surface area (Å²) < 4.78 is 47.3. The molecule has 2 aromatic rings. The number of ether oxygens (including phenoxy) is 1. The van der Waals surface area contributed by atoms with Crippen molar-refractivity contribution in [1.29, 1.82) is 0 Å². The number of benzene rings is 1. The van der Waals surface area contributed by atoms with E-state index >= 15 is 0 Å². The number of halogens is 1. The summed E-state index contributed by atoms with van der Waals surface area (Å²) in [6.07, 6.45) is 3.03. The Morgan fingerprint density at radius 3 is 2.38 bits per heavy atom. The quantitative estimate of drug-likeness (QED) is 0.544. The predicted molar refractivity (Wildman–Crippen MR) is 122 cm³/mol. The molecule has 3 heterocycles. The van der Waals surface area contributed by atoms with Gasteiger partial charge in [0.05, 0.1) is 0 Å². The summed E-state index contributed by atoms with van der Waals surface area (Å²) in [6.45, 7) is 3.07. The summed E-state index contributed by atoms with van der Waals surface area (Å²) in [5.74, 6) is -1.32. The molecular weight excluding hydrogens is 463 g/mol. The smallest absolute Gasteiger partial charge is 0.355 e. The predicted octanol–water partition coefficient (Wildman–Crippen LogP) is 1.45. The van der Waals surface area contributed by atoms with Crippen molar-refractivity contribution in [3.63, 3.8) is 0 Å². The molecule has 0 atom stereocenters. The van der Waals surface area contributed by atoms with Gasteiger partial charge >= 0.3 is 5.97 Å². The fraction of sp³-hybridized carbons (Fsp3) is 0.478. The number of aryl methyl sites for hydroxylation is 1. The van der Waals surface area contributed by atoms with E-state index in [4.69, 9.17) is 4.74 Å². The topological polar surface area (TPSA) is 92.2 Å². The van der Waals surface area contributed by atoms with Crippen LogP contribution >= 0.6 is 0 Å². The molecule has 2 aliphatic heterocycles. The molecule has 9 nitrogen and oxygen atoms in total. The maximum absolute atomic E-state index is 13.9. The highest BCUT2D eigenvalue weighted by atomic mass is 32.2. The fourth-order valence-electron chi connectivity index (χ4n) is 4.27. The number of esters is 1. The van der Waals surface area contributed by atoms with E-state index in [1.54, 1.807) is 30.1 Å². The van der Waals surface area contributed by atoms with Gasteiger partial charge in [0, 0.05) is 64.6 Å². The van der Waals surface area contributed by atoms with Crippen LogP contribution in [0.2, 0.25) is 0 Å². The number of rotatable bonds is 7. The van der Waals surface area contributed by atoms with E-state index in [0.717, 1.165) is 12.8 Å². The average Bonchev–Trinajstić information content (AvgIpc) is 3.50. The molecule has 34 heavy (non-hydrogen) atoms. The zero-order valence-electron chi connectivity index (χ0n) is 19.2. The van der Waals surface area contributed by atoms with Gasteiger partial charge in [-0.3, -0.25) is 9.69 Å². The molecule has 0 N–H and O–H groups in total. The Labute approximate surface area is 198 Å². The summed E-state index contributed by atoms with van der Waals surface area (Å²) in [6, 6.07) is 7.92. The van der Waals surface area contributed by atoms with Crippen LogP contribution in [-0.4, -0.2) is 84.8 Å². The van der Waals surface area contributed by atoms with E-state index in [1.165, 1.54) is 27.2 Å². The van der Waals surface area contributed by atoms with Gasteiger partial charge in [-0.25, -0.2) is 17.6 Å². The summed E-state index contributed by atoms with van der Waals surface area (Å²) in [5.41, 5.74) is 0.685. The van der Waals surface area contributed by atoms with E-state index in [-0.39, 0.29) is 22.3 Å². The van der Waals surface area contributed by atoms with Crippen molar-refractivity contribution in [2.45, 2.75) is 24.3 Å². The Hall–Kier alpha value is -2.76. The van der Waals surface area contributed by atoms with Crippen molar-refractivity contribution in [3.05, 3.63) is 53.6 Å². The molecule has 2 saturated heterocycles. The largest absolute Gasteiger partial charge is 0.451 e. The fourth-order valence-corrected chi connectivity index (χ4v) is 5.86. The van der Waals surface area contributed by atoms with Crippen LogP contribution in [0.5, 0.6) is 0 Å². The second kappa shape index (κ2) is 10.2. The minimum atomic E-state index is -3.65. The Kier molecular flexibility index (Phi) is 7.34. The number of hydrogen-bond donors (Lipinski definition) is 0. The van der Waals surface area contributed by atoms with Crippen molar-refractivity contribution in [2.75, 3.05) is 45.9 Å². The van der Waals surface area contributed by atoms with Crippen LogP contribution in [0, 0.1) is 5.82 Å². The molecule has 11 heteroatoms. The Balaban J connectivity index is 1.28. The molecule has 2 aliphatic rings. The molecule has 1 aromatic carbocycles. The highest BCUT2D eigenvalue weighted by molar-refractivity contribution is 7.89. The van der Waals surface area contributed by atoms with Crippen molar-refractivity contribution < 1.29 is 27.1 Å². The number of carbonyl (C=O) groups excluding carboxylic acids is 2. The van der Waals surface area contributed by atoms with Crippen molar-refractivity contribution in [2.24, 2.45) is 7.05 Å². The molecule has 0 unspecified atom stereocenters. The minimum Gasteiger partial charge on any atom is -0.451 e. The number of amides is 1. The van der Waals surface area contributed by atoms with Crippen molar-refractivity contribution in [3.8, 4) is 0 Å². The molecule has 0 aliphatic carbocycles. The number of hydrogen-bond acceptors (Lipinski definition) is 6. The lowest BCUT2D eigenvalue weighted by atomic mass is 10.2. The van der Waals surface area contributed by atoms with Crippen LogP contribution in [0.25, 0.3) is 0 Å². The molecule has 0 radical (unpaired) electrons. The second-order valence-electron chi connectivity index (χ2n) is 8.61. The van der Waals surface area contributed by atoms with Gasteiger partial charge in [0.2, 0.25) is 10.0 Å². The maximum atomic E-state index is 13.9. The average molecular weight is 493 g/mol. The van der Waals surface area contributed by atoms with Crippen LogP contribution < -0.4 is 0 Å². The molecule has 4 rings (SSSR count). The number of aromatic nitrogens is 1. The summed E-state index contributed by atoms with van der Waals surface area (Å²) in [7, 11) is -2.09. The van der Waals surface area contributed by atoms with Crippen LogP contribution in [0.3, 0.4) is 0 Å². The summed E-state index contributed by atoms with van der Waals surface area (Å²) in [4.78, 5) is 28.8. The second-order valence-corrected chi connectivity index (χ2v) is 10.5. The van der Waals surface area contributed by atoms with E-state index in [2.05, 4.69) is 4.90 Å². The molecule has 0 bridgehead atoms. The van der Waals surface area contributed by atoms with E-state index in [9.17, 15) is 22.4 Å². The molecule has 2 fully saturated rings. The molecule has 1 aromatic heterocycles. The summed E-state index contributed by atoms with van der Waals surface area (Å²) in [5, 5.41) is 0. The van der Waals surface area contributed by atoms with E-state index in [1.807, 2.05) is 0 Å². The first-order valence-corrected chi connectivity index (χ1v) is 12.8. The summed E-state index contributed by atoms with van der Waals surface area (Å²) >= 11 is 0. The number of sulfonamides is 1. The SMILES string of the molecule is Cn1cc(S(=O)(=O)N2CCCC2)cc1C(=O)OCC(=O)N1CCN(Cc2ccccc2F)CC1. The number of carbonyl (C=O) groups is 2. The molecule has 1 amide bonds. The zero-order valence-corrected chi connectivity index (χ0v) is 20.0. The van der Waals surface area contributed by atoms with Gasteiger partial charge in [-0.05, 0) is 25.0 Å². The first kappa shape index (κ1) is 24.4. The van der Waals surface area contributed by atoms with Gasteiger partial charge in [-0.2, -0.15) is 4.31 Å². The van der Waals surface area contributed by atoms with Gasteiger partial charge in [0.25, 0.3) is 5.91 Å². The third-order valence-electron chi connectivity index (χ3n) is 6.30. The van der Waals surface area contributed by atoms with E-state index in [0.29, 0.717) is 51.4 Å². The zero-order chi connectivity index (χ0) is 24.3. The standard InChI is InChI=1S/C23H29FN4O5S/c1-25-16-19(34(31,32)28-8-4-5-9-28)14-21(25)23(30)33-17-22(29)27-12-10-26(11-13-27)15-18-6-2-3-7-20(18)24/h2-3,6-7,14,16H,4-5,8-13,15,17H2,1H3. The van der Waals surface area contributed by atoms with Gasteiger partial charge < -0.3 is 14.2 Å². The first-order valence-electron chi connectivity index (χ1n) is 11.3. The number of piperazine rings is 1. The Morgan fingerprint density at radius 2 is 1.71 bits per heavy atom. The van der Waals surface area contributed by atoms with Crippen LogP contribution in [0.4, 0.5) is 4.39 Å². The third-order valence-corrected chi connectivity index (χ3v) is 8.16. The highest BCUT2D eigenvalue weighted by Crippen LogP contribution is 2.23. The lowest BCUT2D eigenvalue weighted by molar-refractivity contribution is -0.136. The first-order chi connectivity index (χ1) is 16.3. The van der Waals surface area contributed by atoms with Gasteiger partial charge in [0.15, 0.2) is 6.61 Å². The molecule has 0 spiro atoms. The van der Waals surface area contributed by atoms with Crippen molar-refractivity contribution >= 4 is 21.9 Å².